The summed E-state index contributed by atoms with van der Waals surface area (Å²) < 4.78 is 9.28. The third kappa shape index (κ3) is 4.62. The van der Waals surface area contributed by atoms with E-state index < -0.39 is 0 Å². The zero-order valence-corrected chi connectivity index (χ0v) is 32.3. The molecule has 11 aromatic rings. The van der Waals surface area contributed by atoms with Gasteiger partial charge in [-0.2, -0.15) is 0 Å². The van der Waals surface area contributed by atoms with Gasteiger partial charge in [0.25, 0.3) is 0 Å². The fraction of sp³-hybridized carbons (Fsp3) is 0.0545. The summed E-state index contributed by atoms with van der Waals surface area (Å²) in [6, 6.07) is 70.6. The average Bonchev–Trinajstić information content (AvgIpc) is 3.89. The molecule has 0 unspecified atom stereocenters. The maximum Gasteiger partial charge on any atom is 0.138 e. The van der Waals surface area contributed by atoms with Gasteiger partial charge < -0.3 is 13.9 Å². The quantitative estimate of drug-likeness (QED) is 0.175. The van der Waals surface area contributed by atoms with E-state index in [1.54, 1.807) is 0 Å². The number of furan rings is 1. The molecule has 2 heterocycles. The zero-order chi connectivity index (χ0) is 38.5. The Morgan fingerprint density at radius 3 is 2.02 bits per heavy atom. The summed E-state index contributed by atoms with van der Waals surface area (Å²) in [4.78, 5) is 2.46. The summed E-state index contributed by atoms with van der Waals surface area (Å²) in [6.07, 6.45) is 0. The fourth-order valence-electron chi connectivity index (χ4n) is 9.97. The van der Waals surface area contributed by atoms with E-state index in [1.807, 2.05) is 0 Å². The molecule has 2 aromatic heterocycles. The van der Waals surface area contributed by atoms with Gasteiger partial charge in [-0.25, -0.2) is 0 Å². The molecule has 0 aliphatic heterocycles. The Bertz CT molecular complexity index is 3420. The first-order valence-corrected chi connectivity index (χ1v) is 20.1. The van der Waals surface area contributed by atoms with Crippen molar-refractivity contribution in [2.45, 2.75) is 19.3 Å². The molecule has 0 radical (unpaired) electrons. The first-order valence-electron chi connectivity index (χ1n) is 20.1. The standard InChI is InChI=1S/C55H38N2O/c1-55(2)44-27-13-11-24-40(44)41-32-31-38(33-45(41)55)56(37-21-7-4-8-22-37)47-29-16-26-43-52-48(57(54(43)47)46-28-15-20-35-17-9-10-23-39(35)46)34-50-53(42-25-12-14-30-49(42)58-50)51(52)36-18-5-3-6-19-36/h3-34H,1-2H3. The van der Waals surface area contributed by atoms with Crippen LogP contribution in [0.5, 0.6) is 0 Å². The van der Waals surface area contributed by atoms with Crippen LogP contribution in [0.1, 0.15) is 25.0 Å². The molecule has 0 amide bonds. The first-order chi connectivity index (χ1) is 28.6. The van der Waals surface area contributed by atoms with Crippen LogP contribution in [-0.4, -0.2) is 4.57 Å². The van der Waals surface area contributed by atoms with Gasteiger partial charge >= 0.3 is 0 Å². The van der Waals surface area contributed by atoms with E-state index in [9.17, 15) is 0 Å². The SMILES string of the molecule is CC1(C)c2ccccc2-c2ccc(N(c3ccccc3)c3cccc4c5c(-c6ccccc6)c6c(cc5n(-c5cccc7ccccc57)c34)oc3ccccc36)cc21. The lowest BCUT2D eigenvalue weighted by Crippen LogP contribution is -2.17. The minimum atomic E-state index is -0.143. The molecule has 0 spiro atoms. The molecule has 0 saturated carbocycles. The molecule has 0 atom stereocenters. The van der Waals surface area contributed by atoms with Crippen LogP contribution in [0, 0.1) is 0 Å². The van der Waals surface area contributed by atoms with E-state index in [0.717, 1.165) is 61.3 Å². The molecule has 0 saturated heterocycles. The second kappa shape index (κ2) is 12.3. The molecule has 0 bridgehead atoms. The lowest BCUT2D eigenvalue weighted by atomic mass is 9.82. The van der Waals surface area contributed by atoms with Crippen LogP contribution in [0.15, 0.2) is 199 Å². The number of aromatic nitrogens is 1. The molecule has 0 fully saturated rings. The van der Waals surface area contributed by atoms with Crippen molar-refractivity contribution < 1.29 is 4.42 Å². The first kappa shape index (κ1) is 32.8. The minimum absolute atomic E-state index is 0.143. The maximum atomic E-state index is 6.78. The molecule has 12 rings (SSSR count). The number of hydrogen-bond donors (Lipinski definition) is 0. The normalized spacial score (nSPS) is 13.1. The fourth-order valence-corrected chi connectivity index (χ4v) is 9.97. The van der Waals surface area contributed by atoms with Crippen LogP contribution in [0.25, 0.3) is 82.5 Å². The summed E-state index contributed by atoms with van der Waals surface area (Å²) in [5.74, 6) is 0. The highest BCUT2D eigenvalue weighted by Gasteiger charge is 2.36. The van der Waals surface area contributed by atoms with Gasteiger partial charge in [0.15, 0.2) is 0 Å². The lowest BCUT2D eigenvalue weighted by molar-refractivity contribution is 0.660. The third-order valence-corrected chi connectivity index (χ3v) is 12.5. The van der Waals surface area contributed by atoms with Crippen molar-refractivity contribution in [1.82, 2.24) is 4.57 Å². The van der Waals surface area contributed by atoms with Crippen LogP contribution in [-0.2, 0) is 5.41 Å². The Labute approximate surface area is 336 Å². The van der Waals surface area contributed by atoms with Gasteiger partial charge in [-0.1, -0.05) is 159 Å². The molecule has 3 heteroatoms. The Morgan fingerprint density at radius 2 is 1.16 bits per heavy atom. The van der Waals surface area contributed by atoms with Gasteiger partial charge in [0.1, 0.15) is 11.2 Å². The predicted octanol–water partition coefficient (Wildman–Crippen LogP) is 15.3. The smallest absolute Gasteiger partial charge is 0.138 e. The van der Waals surface area contributed by atoms with E-state index >= 15 is 0 Å². The van der Waals surface area contributed by atoms with Crippen molar-refractivity contribution in [1.29, 1.82) is 0 Å². The molecule has 0 N–H and O–H groups in total. The van der Waals surface area contributed by atoms with Crippen molar-refractivity contribution in [2.24, 2.45) is 0 Å². The second-order valence-electron chi connectivity index (χ2n) is 16.1. The van der Waals surface area contributed by atoms with Crippen molar-refractivity contribution in [3.63, 3.8) is 0 Å². The lowest BCUT2D eigenvalue weighted by Gasteiger charge is -2.29. The highest BCUT2D eigenvalue weighted by atomic mass is 16.3. The number of rotatable bonds is 5. The van der Waals surface area contributed by atoms with Gasteiger partial charge in [-0.3, -0.25) is 0 Å². The van der Waals surface area contributed by atoms with E-state index in [0.29, 0.717) is 0 Å². The van der Waals surface area contributed by atoms with Gasteiger partial charge in [0.2, 0.25) is 0 Å². The van der Waals surface area contributed by atoms with E-state index in [4.69, 9.17) is 4.42 Å². The predicted molar refractivity (Wildman–Crippen MR) is 243 cm³/mol. The van der Waals surface area contributed by atoms with Gasteiger partial charge in [0, 0.05) is 55.4 Å². The van der Waals surface area contributed by atoms with E-state index in [2.05, 4.69) is 217 Å². The third-order valence-electron chi connectivity index (χ3n) is 12.5. The van der Waals surface area contributed by atoms with Crippen molar-refractivity contribution in [2.75, 3.05) is 4.90 Å². The average molecular weight is 743 g/mol. The molecule has 1 aliphatic carbocycles. The summed E-state index contributed by atoms with van der Waals surface area (Å²) in [5, 5.41) is 7.02. The molecule has 274 valence electrons. The number of anilines is 3. The Morgan fingerprint density at radius 1 is 0.483 bits per heavy atom. The zero-order valence-electron chi connectivity index (χ0n) is 32.3. The van der Waals surface area contributed by atoms with Gasteiger partial charge in [-0.05, 0) is 75.7 Å². The van der Waals surface area contributed by atoms with Crippen LogP contribution >= 0.6 is 0 Å². The van der Waals surface area contributed by atoms with E-state index in [1.165, 1.54) is 49.4 Å². The van der Waals surface area contributed by atoms with Crippen LogP contribution < -0.4 is 4.90 Å². The highest BCUT2D eigenvalue weighted by Crippen LogP contribution is 2.53. The van der Waals surface area contributed by atoms with Crippen molar-refractivity contribution >= 4 is 71.6 Å². The largest absolute Gasteiger partial charge is 0.456 e. The molecule has 9 aromatic carbocycles. The minimum Gasteiger partial charge on any atom is -0.456 e. The maximum absolute atomic E-state index is 6.78. The summed E-state index contributed by atoms with van der Waals surface area (Å²) in [6.45, 7) is 4.72. The number of hydrogen-bond acceptors (Lipinski definition) is 2. The van der Waals surface area contributed by atoms with Crippen molar-refractivity contribution in [3.8, 4) is 27.9 Å². The molecular formula is C55H38N2O. The Hall–Kier alpha value is -7.36. The highest BCUT2D eigenvalue weighted by molar-refractivity contribution is 6.28. The van der Waals surface area contributed by atoms with Gasteiger partial charge in [0.05, 0.1) is 22.4 Å². The van der Waals surface area contributed by atoms with Crippen LogP contribution in [0.2, 0.25) is 0 Å². The number of benzene rings is 9. The van der Waals surface area contributed by atoms with Gasteiger partial charge in [-0.15, -0.1) is 0 Å². The molecule has 1 aliphatic rings. The Balaban J connectivity index is 1.25. The summed E-state index contributed by atoms with van der Waals surface area (Å²) in [5.41, 5.74) is 16.0. The number of fused-ring (bicyclic) bond motifs is 10. The molecule has 58 heavy (non-hydrogen) atoms. The van der Waals surface area contributed by atoms with Crippen LogP contribution in [0.3, 0.4) is 0 Å². The van der Waals surface area contributed by atoms with Crippen molar-refractivity contribution in [3.05, 3.63) is 205 Å². The van der Waals surface area contributed by atoms with E-state index in [-0.39, 0.29) is 5.41 Å². The second-order valence-corrected chi connectivity index (χ2v) is 16.1. The molecule has 3 nitrogen and oxygen atoms in total. The monoisotopic (exact) mass is 742 g/mol. The number of para-hydroxylation sites is 3. The summed E-state index contributed by atoms with van der Waals surface area (Å²) in [7, 11) is 0. The number of nitrogens with zero attached hydrogens (tertiary/aromatic N) is 2. The van der Waals surface area contributed by atoms with Crippen LogP contribution in [0.4, 0.5) is 17.1 Å². The molecular weight excluding hydrogens is 705 g/mol. The Kier molecular flexibility index (Phi) is 6.98. The summed E-state index contributed by atoms with van der Waals surface area (Å²) >= 11 is 0. The topological polar surface area (TPSA) is 21.3 Å².